The Balaban J connectivity index is 1.56. The zero-order chi connectivity index (χ0) is 31.1. The molecular weight excluding hydrogens is 591 g/mol. The van der Waals surface area contributed by atoms with E-state index in [2.05, 4.69) is 26.7 Å². The number of pyridine rings is 1. The topological polar surface area (TPSA) is 117 Å². The molecule has 5 heterocycles. The van der Waals surface area contributed by atoms with E-state index in [1.54, 1.807) is 22.9 Å². The maximum Gasteiger partial charge on any atom is 0.350 e. The molecule has 3 aromatic rings. The number of hydrogen-bond acceptors (Lipinski definition) is 8. The molecule has 0 radical (unpaired) electrons. The van der Waals surface area contributed by atoms with Crippen molar-refractivity contribution in [3.05, 3.63) is 63.7 Å². The van der Waals surface area contributed by atoms with E-state index in [-0.39, 0.29) is 65.8 Å². The molecule has 1 unspecified atom stereocenters. The van der Waals surface area contributed by atoms with E-state index in [9.17, 15) is 14.4 Å². The van der Waals surface area contributed by atoms with Crippen LogP contribution in [0.2, 0.25) is 5.02 Å². The number of likely N-dealkylation sites (tertiary alicyclic amines) is 1. The van der Waals surface area contributed by atoms with Crippen molar-refractivity contribution in [1.29, 1.82) is 0 Å². The number of carbonyl (C=O) groups is 2. The summed E-state index contributed by atoms with van der Waals surface area (Å²) in [6.07, 6.45) is 3.75. The zero-order valence-electron chi connectivity index (χ0n) is 24.1. The molecule has 1 N–H and O–H groups in total. The van der Waals surface area contributed by atoms with Gasteiger partial charge in [-0.05, 0) is 24.6 Å². The lowest BCUT2D eigenvalue weighted by molar-refractivity contribution is -0.129. The van der Waals surface area contributed by atoms with Crippen LogP contribution in [0.4, 0.5) is 16.0 Å². The standard InChI is InChI=1S/C30H30ClFN8O4/c1-4-22(41)39-11-10-38(14-17(39)13-33-2)29-19-12-20(31)24(25-21(32)7-8-35-28(25)34-3)27-26(19)40(30(43)36-29)18(16-44-27)15-37-9-5-6-23(37)42/h4,7-8,12,17-18H,1,5-6,9-11,13-16H2,3H3,(H,34,35)/t17-,18?/m0/s1. The summed E-state index contributed by atoms with van der Waals surface area (Å²) in [7, 11) is 1.62. The average Bonchev–Trinajstić information content (AvgIpc) is 3.43. The van der Waals surface area contributed by atoms with Gasteiger partial charge in [0.15, 0.2) is 5.75 Å². The van der Waals surface area contributed by atoms with Crippen LogP contribution in [-0.2, 0) is 9.59 Å². The molecule has 228 valence electrons. The second-order valence-electron chi connectivity index (χ2n) is 10.9. The highest BCUT2D eigenvalue weighted by atomic mass is 35.5. The van der Waals surface area contributed by atoms with Gasteiger partial charge in [-0.25, -0.2) is 20.7 Å². The molecule has 2 amide bonds. The Morgan fingerprint density at radius 3 is 2.82 bits per heavy atom. The average molecular weight is 621 g/mol. The van der Waals surface area contributed by atoms with Crippen molar-refractivity contribution in [2.45, 2.75) is 24.9 Å². The van der Waals surface area contributed by atoms with Crippen LogP contribution in [0.25, 0.3) is 26.9 Å². The van der Waals surface area contributed by atoms with Crippen molar-refractivity contribution in [1.82, 2.24) is 24.3 Å². The quantitative estimate of drug-likeness (QED) is 0.317. The maximum atomic E-state index is 15.4. The van der Waals surface area contributed by atoms with E-state index < -0.39 is 23.6 Å². The number of benzene rings is 1. The summed E-state index contributed by atoms with van der Waals surface area (Å²) in [6, 6.07) is 1.86. The largest absolute Gasteiger partial charge is 0.488 e. The minimum Gasteiger partial charge on any atom is -0.488 e. The molecule has 2 aromatic heterocycles. The van der Waals surface area contributed by atoms with Gasteiger partial charge in [0.25, 0.3) is 0 Å². The molecule has 2 saturated heterocycles. The molecule has 44 heavy (non-hydrogen) atoms. The van der Waals surface area contributed by atoms with E-state index in [4.69, 9.17) is 22.9 Å². The van der Waals surface area contributed by atoms with Gasteiger partial charge in [-0.2, -0.15) is 4.98 Å². The number of nitrogens with one attached hydrogen (secondary N) is 1. The molecular formula is C30H30ClFN8O4. The highest BCUT2D eigenvalue weighted by Gasteiger charge is 2.37. The molecule has 6 rings (SSSR count). The second-order valence-corrected chi connectivity index (χ2v) is 11.3. The third kappa shape index (κ3) is 4.89. The van der Waals surface area contributed by atoms with Crippen LogP contribution >= 0.6 is 11.6 Å². The van der Waals surface area contributed by atoms with E-state index in [1.807, 2.05) is 4.90 Å². The lowest BCUT2D eigenvalue weighted by atomic mass is 9.99. The van der Waals surface area contributed by atoms with Gasteiger partial charge in [0.2, 0.25) is 18.4 Å². The Morgan fingerprint density at radius 1 is 1.30 bits per heavy atom. The molecule has 12 nitrogen and oxygen atoms in total. The third-order valence-corrected chi connectivity index (χ3v) is 8.71. The number of rotatable bonds is 7. The summed E-state index contributed by atoms with van der Waals surface area (Å²) in [6.45, 7) is 12.8. The number of carbonyl (C=O) groups excluding carboxylic acids is 2. The van der Waals surface area contributed by atoms with Gasteiger partial charge >= 0.3 is 5.69 Å². The minimum absolute atomic E-state index is 0.00958. The Bertz CT molecular complexity index is 1790. The van der Waals surface area contributed by atoms with Crippen LogP contribution in [-0.4, -0.2) is 95.1 Å². The Kier molecular flexibility index (Phi) is 7.85. The van der Waals surface area contributed by atoms with Crippen molar-refractivity contribution < 1.29 is 18.7 Å². The highest BCUT2D eigenvalue weighted by molar-refractivity contribution is 6.35. The molecule has 14 heteroatoms. The summed E-state index contributed by atoms with van der Waals surface area (Å²) in [5, 5.41) is 3.56. The number of nitrogens with zero attached hydrogens (tertiary/aromatic N) is 7. The van der Waals surface area contributed by atoms with Crippen LogP contribution in [0.3, 0.4) is 0 Å². The van der Waals surface area contributed by atoms with Gasteiger partial charge in [-0.15, -0.1) is 0 Å². The highest BCUT2D eigenvalue weighted by Crippen LogP contribution is 2.48. The fraction of sp³-hybridized carbons (Fsp3) is 0.400. The van der Waals surface area contributed by atoms with E-state index >= 15 is 4.39 Å². The summed E-state index contributed by atoms with van der Waals surface area (Å²) in [5.41, 5.74) is 0.145. The van der Waals surface area contributed by atoms with Gasteiger partial charge in [0, 0.05) is 57.8 Å². The fourth-order valence-corrected chi connectivity index (χ4v) is 6.69. The molecule has 3 aliphatic heterocycles. The predicted octanol–water partition coefficient (Wildman–Crippen LogP) is 2.97. The van der Waals surface area contributed by atoms with E-state index in [0.717, 1.165) is 6.42 Å². The summed E-state index contributed by atoms with van der Waals surface area (Å²) >= 11 is 6.91. The fourth-order valence-electron chi connectivity index (χ4n) is 6.40. The van der Waals surface area contributed by atoms with E-state index in [1.165, 1.54) is 22.9 Å². The summed E-state index contributed by atoms with van der Waals surface area (Å²) < 4.78 is 23.3. The van der Waals surface area contributed by atoms with Crippen LogP contribution in [0.5, 0.6) is 5.75 Å². The van der Waals surface area contributed by atoms with Crippen molar-refractivity contribution in [2.75, 3.05) is 63.1 Å². The summed E-state index contributed by atoms with van der Waals surface area (Å²) in [5.74, 6) is -0.0808. The molecule has 2 fully saturated rings. The van der Waals surface area contributed by atoms with Gasteiger partial charge in [-0.1, -0.05) is 18.2 Å². The molecule has 0 bridgehead atoms. The first kappa shape index (κ1) is 29.4. The molecule has 0 saturated carbocycles. The number of amides is 2. The Morgan fingerprint density at radius 2 is 2.11 bits per heavy atom. The number of hydrogen-bond donors (Lipinski definition) is 1. The first-order chi connectivity index (χ1) is 21.3. The molecule has 2 atom stereocenters. The first-order valence-corrected chi connectivity index (χ1v) is 14.7. The monoisotopic (exact) mass is 620 g/mol. The molecule has 1 aromatic carbocycles. The van der Waals surface area contributed by atoms with Gasteiger partial charge in [-0.3, -0.25) is 14.2 Å². The maximum absolute atomic E-state index is 15.4. The minimum atomic E-state index is -0.580. The van der Waals surface area contributed by atoms with Gasteiger partial charge < -0.3 is 29.6 Å². The van der Waals surface area contributed by atoms with Crippen molar-refractivity contribution in [3.8, 4) is 16.9 Å². The number of piperazine rings is 1. The lowest BCUT2D eigenvalue weighted by Gasteiger charge is -2.40. The van der Waals surface area contributed by atoms with E-state index in [0.29, 0.717) is 42.8 Å². The number of ether oxygens (including phenoxy) is 1. The number of halogens is 2. The Labute approximate surface area is 257 Å². The zero-order valence-corrected chi connectivity index (χ0v) is 24.8. The third-order valence-electron chi connectivity index (χ3n) is 8.41. The summed E-state index contributed by atoms with van der Waals surface area (Å²) in [4.78, 5) is 56.4. The lowest BCUT2D eigenvalue weighted by Crippen LogP contribution is -2.56. The van der Waals surface area contributed by atoms with Crippen molar-refractivity contribution >= 4 is 46.0 Å². The SMILES string of the molecule is [C-]#[N+]C[C@H]1CN(c2nc(=O)n3c4c(c(-c5c(F)ccnc5NC)c(Cl)cc24)OCC3CN2CCCC2=O)CCN1C(=O)C=C. The van der Waals surface area contributed by atoms with Crippen molar-refractivity contribution in [3.63, 3.8) is 0 Å². The first-order valence-electron chi connectivity index (χ1n) is 14.3. The predicted molar refractivity (Wildman–Crippen MR) is 163 cm³/mol. The Hall–Kier alpha value is -4.70. The molecule has 0 spiro atoms. The van der Waals surface area contributed by atoms with Crippen LogP contribution in [0, 0.1) is 12.4 Å². The van der Waals surface area contributed by atoms with Crippen LogP contribution < -0.4 is 20.6 Å². The second kappa shape index (κ2) is 11.8. The van der Waals surface area contributed by atoms with Crippen molar-refractivity contribution in [2.24, 2.45) is 0 Å². The normalized spacial score (nSPS) is 19.6. The van der Waals surface area contributed by atoms with Crippen LogP contribution in [0.15, 0.2) is 35.8 Å². The number of aromatic nitrogens is 3. The molecule has 3 aliphatic rings. The molecule has 0 aliphatic carbocycles. The number of anilines is 2. The smallest absolute Gasteiger partial charge is 0.350 e. The van der Waals surface area contributed by atoms with Crippen LogP contribution in [0.1, 0.15) is 18.9 Å². The van der Waals surface area contributed by atoms with Gasteiger partial charge in [0.1, 0.15) is 30.1 Å². The van der Waals surface area contributed by atoms with Gasteiger partial charge in [0.05, 0.1) is 27.7 Å².